The first-order valence-corrected chi connectivity index (χ1v) is 7.48. The molecule has 1 saturated heterocycles. The molecule has 3 nitrogen and oxygen atoms in total. The van der Waals surface area contributed by atoms with E-state index in [1.807, 2.05) is 0 Å². The van der Waals surface area contributed by atoms with Gasteiger partial charge in [-0.2, -0.15) is 13.2 Å². The van der Waals surface area contributed by atoms with Gasteiger partial charge in [0.15, 0.2) is 5.41 Å². The quantitative estimate of drug-likeness (QED) is 0.835. The molecule has 2 bridgehead atoms. The molecule has 4 atom stereocenters. The number of hydrogen-bond acceptors (Lipinski definition) is 2. The first kappa shape index (κ1) is 14.2. The highest BCUT2D eigenvalue weighted by Gasteiger charge is 2.61. The lowest BCUT2D eigenvalue weighted by Crippen LogP contribution is -2.53. The van der Waals surface area contributed by atoms with Crippen LogP contribution in [0.15, 0.2) is 0 Å². The molecule has 0 aromatic carbocycles. The highest BCUT2D eigenvalue weighted by molar-refractivity contribution is 5.84. The minimum atomic E-state index is -4.48. The van der Waals surface area contributed by atoms with Crippen molar-refractivity contribution in [1.29, 1.82) is 0 Å². The fourth-order valence-electron chi connectivity index (χ4n) is 4.28. The average Bonchev–Trinajstić information content (AvgIpc) is 3.09. The van der Waals surface area contributed by atoms with Gasteiger partial charge in [0.25, 0.3) is 0 Å². The van der Waals surface area contributed by atoms with Crippen molar-refractivity contribution in [1.82, 2.24) is 10.6 Å². The van der Waals surface area contributed by atoms with E-state index in [0.29, 0.717) is 18.4 Å². The topological polar surface area (TPSA) is 41.1 Å². The first-order valence-electron chi connectivity index (χ1n) is 7.48. The molecule has 0 aromatic heterocycles. The Balaban J connectivity index is 1.60. The molecule has 2 aliphatic carbocycles. The van der Waals surface area contributed by atoms with E-state index in [9.17, 15) is 18.0 Å². The Hall–Kier alpha value is -0.780. The minimum absolute atomic E-state index is 0.154. The molecule has 2 N–H and O–H groups in total. The zero-order valence-electron chi connectivity index (χ0n) is 11.4. The Morgan fingerprint density at radius 3 is 2.60 bits per heavy atom. The Kier molecular flexibility index (Phi) is 3.47. The van der Waals surface area contributed by atoms with Crippen LogP contribution in [0.3, 0.4) is 0 Å². The molecule has 0 radical (unpaired) electrons. The zero-order chi connectivity index (χ0) is 14.4. The summed E-state index contributed by atoms with van der Waals surface area (Å²) in [7, 11) is 0. The van der Waals surface area contributed by atoms with Crippen molar-refractivity contribution in [3.63, 3.8) is 0 Å². The van der Waals surface area contributed by atoms with Crippen LogP contribution in [0.4, 0.5) is 13.2 Å². The highest BCUT2D eigenvalue weighted by atomic mass is 19.4. The lowest BCUT2D eigenvalue weighted by atomic mass is 9.84. The van der Waals surface area contributed by atoms with Crippen LogP contribution in [0.5, 0.6) is 0 Å². The summed E-state index contributed by atoms with van der Waals surface area (Å²) in [6.07, 6.45) is 0.0751. The molecular weight excluding hydrogens is 269 g/mol. The van der Waals surface area contributed by atoms with E-state index < -0.39 is 17.5 Å². The van der Waals surface area contributed by atoms with Crippen LogP contribution >= 0.6 is 0 Å². The third-order valence-corrected chi connectivity index (χ3v) is 5.54. The summed E-state index contributed by atoms with van der Waals surface area (Å²) in [5, 5.41) is 5.27. The summed E-state index contributed by atoms with van der Waals surface area (Å²) < 4.78 is 39.6. The molecule has 1 aliphatic heterocycles. The highest BCUT2D eigenvalue weighted by Crippen LogP contribution is 2.48. The minimum Gasteiger partial charge on any atom is -0.355 e. The Morgan fingerprint density at radius 2 is 2.10 bits per heavy atom. The number of nitrogens with one attached hydrogen (secondary N) is 2. The largest absolute Gasteiger partial charge is 0.404 e. The molecule has 4 unspecified atom stereocenters. The summed E-state index contributed by atoms with van der Waals surface area (Å²) in [6.45, 7) is 0.373. The van der Waals surface area contributed by atoms with Crippen LogP contribution in [0, 0.1) is 23.2 Å². The smallest absolute Gasteiger partial charge is 0.355 e. The molecule has 2 saturated carbocycles. The van der Waals surface area contributed by atoms with E-state index in [1.165, 1.54) is 19.3 Å². The number of fused-ring (bicyclic) bond motifs is 2. The van der Waals surface area contributed by atoms with Crippen molar-refractivity contribution in [3.8, 4) is 0 Å². The summed E-state index contributed by atoms with van der Waals surface area (Å²) in [4.78, 5) is 12.1. The second kappa shape index (κ2) is 4.90. The van der Waals surface area contributed by atoms with Gasteiger partial charge in [0.2, 0.25) is 5.91 Å². The number of carbonyl (C=O) groups is 1. The number of alkyl halides is 3. The Bertz CT molecular complexity index is 390. The van der Waals surface area contributed by atoms with Crippen LogP contribution in [-0.4, -0.2) is 31.7 Å². The second-order valence-electron chi connectivity index (χ2n) is 6.65. The van der Waals surface area contributed by atoms with Gasteiger partial charge < -0.3 is 10.6 Å². The molecule has 6 heteroatoms. The van der Waals surface area contributed by atoms with Crippen LogP contribution < -0.4 is 10.6 Å². The first-order chi connectivity index (χ1) is 9.42. The SMILES string of the molecule is O=C(NCC1CC2CCC1C2)C1(C(F)(F)F)CCNC1. The van der Waals surface area contributed by atoms with Gasteiger partial charge in [-0.3, -0.25) is 4.79 Å². The van der Waals surface area contributed by atoms with Crippen molar-refractivity contribution in [2.45, 2.75) is 38.3 Å². The van der Waals surface area contributed by atoms with Crippen molar-refractivity contribution < 1.29 is 18.0 Å². The van der Waals surface area contributed by atoms with Crippen molar-refractivity contribution in [2.24, 2.45) is 23.2 Å². The van der Waals surface area contributed by atoms with Crippen molar-refractivity contribution in [3.05, 3.63) is 0 Å². The second-order valence-corrected chi connectivity index (χ2v) is 6.65. The average molecular weight is 290 g/mol. The zero-order valence-corrected chi connectivity index (χ0v) is 11.4. The van der Waals surface area contributed by atoms with E-state index in [1.54, 1.807) is 0 Å². The fraction of sp³-hybridized carbons (Fsp3) is 0.929. The monoisotopic (exact) mass is 290 g/mol. The van der Waals surface area contributed by atoms with E-state index in [0.717, 1.165) is 12.3 Å². The summed E-state index contributed by atoms with van der Waals surface area (Å²) in [5.74, 6) is 0.908. The predicted molar refractivity (Wildman–Crippen MR) is 67.9 cm³/mol. The van der Waals surface area contributed by atoms with Crippen LogP contribution in [0.25, 0.3) is 0 Å². The fourth-order valence-corrected chi connectivity index (χ4v) is 4.28. The van der Waals surface area contributed by atoms with Crippen molar-refractivity contribution in [2.75, 3.05) is 19.6 Å². The Morgan fingerprint density at radius 1 is 1.30 bits per heavy atom. The van der Waals surface area contributed by atoms with Crippen LogP contribution in [0.1, 0.15) is 32.1 Å². The van der Waals surface area contributed by atoms with Crippen molar-refractivity contribution >= 4 is 5.91 Å². The number of rotatable bonds is 3. The molecule has 0 aromatic rings. The molecular formula is C14H21F3N2O. The molecule has 3 rings (SSSR count). The number of hydrogen-bond donors (Lipinski definition) is 2. The van der Waals surface area contributed by atoms with E-state index in [2.05, 4.69) is 10.6 Å². The maximum Gasteiger partial charge on any atom is 0.404 e. The van der Waals surface area contributed by atoms with Gasteiger partial charge in [-0.1, -0.05) is 6.42 Å². The molecule has 3 aliphatic rings. The van der Waals surface area contributed by atoms with Crippen LogP contribution in [0.2, 0.25) is 0 Å². The number of halogens is 3. The van der Waals surface area contributed by atoms with Gasteiger partial charge >= 0.3 is 6.18 Å². The van der Waals surface area contributed by atoms with Gasteiger partial charge in [-0.05, 0) is 50.0 Å². The van der Waals surface area contributed by atoms with Gasteiger partial charge in [0.05, 0.1) is 0 Å². The summed E-state index contributed by atoms with van der Waals surface area (Å²) in [6, 6.07) is 0. The van der Waals surface area contributed by atoms with Gasteiger partial charge in [0.1, 0.15) is 0 Å². The molecule has 1 amide bonds. The molecule has 114 valence electrons. The predicted octanol–water partition coefficient (Wildman–Crippen LogP) is 2.08. The molecule has 3 fully saturated rings. The van der Waals surface area contributed by atoms with E-state index in [-0.39, 0.29) is 19.5 Å². The summed E-state index contributed by atoms with van der Waals surface area (Å²) in [5.41, 5.74) is -2.22. The number of amides is 1. The van der Waals surface area contributed by atoms with E-state index in [4.69, 9.17) is 0 Å². The number of carbonyl (C=O) groups excluding carboxylic acids is 1. The maximum atomic E-state index is 13.2. The van der Waals surface area contributed by atoms with Gasteiger partial charge in [0, 0.05) is 13.1 Å². The summed E-state index contributed by atoms with van der Waals surface area (Å²) >= 11 is 0. The van der Waals surface area contributed by atoms with Crippen LogP contribution in [-0.2, 0) is 4.79 Å². The normalized spacial score (nSPS) is 40.2. The molecule has 0 spiro atoms. The lowest BCUT2D eigenvalue weighted by molar-refractivity contribution is -0.216. The Labute approximate surface area is 116 Å². The van der Waals surface area contributed by atoms with Gasteiger partial charge in [-0.15, -0.1) is 0 Å². The third-order valence-electron chi connectivity index (χ3n) is 5.54. The van der Waals surface area contributed by atoms with E-state index >= 15 is 0 Å². The maximum absolute atomic E-state index is 13.2. The standard InChI is InChI=1S/C14H21F3N2O/c15-14(16,17)13(3-4-18-8-13)12(20)19-7-11-6-9-1-2-10(11)5-9/h9-11,18H,1-8H2,(H,19,20). The third kappa shape index (κ3) is 2.22. The molecule has 1 heterocycles. The van der Waals surface area contributed by atoms with Gasteiger partial charge in [-0.25, -0.2) is 0 Å². The molecule has 20 heavy (non-hydrogen) atoms. The lowest BCUT2D eigenvalue weighted by Gasteiger charge is -2.31.